The molecule has 0 aromatic heterocycles. The zero-order valence-electron chi connectivity index (χ0n) is 12.6. The van der Waals surface area contributed by atoms with Gasteiger partial charge in [-0.25, -0.2) is 0 Å². The Balaban J connectivity index is 1.97. The largest absolute Gasteiger partial charge is 0.317 e. The first-order chi connectivity index (χ1) is 9.29. The fourth-order valence-electron chi connectivity index (χ4n) is 3.37. The van der Waals surface area contributed by atoms with Gasteiger partial charge in [-0.2, -0.15) is 0 Å². The molecule has 1 aliphatic carbocycles. The predicted molar refractivity (Wildman–Crippen MR) is 83.5 cm³/mol. The number of nitrogens with one attached hydrogen (secondary N) is 1. The smallest absolute Gasteiger partial charge is 0.00148 e. The third kappa shape index (κ3) is 4.65. The molecule has 2 rings (SSSR count). The normalized spacial score (nSPS) is 18.4. The maximum atomic E-state index is 3.58. The summed E-state index contributed by atoms with van der Waals surface area (Å²) in [7, 11) is 0. The first kappa shape index (κ1) is 14.6. The SMILES string of the molecule is CCNCC(Cc1ccc(C)cc1)C1CCCCC1. The maximum absolute atomic E-state index is 3.58. The minimum atomic E-state index is 0.822. The molecule has 106 valence electrons. The van der Waals surface area contributed by atoms with Crippen LogP contribution in [0.1, 0.15) is 50.2 Å². The van der Waals surface area contributed by atoms with E-state index in [1.54, 1.807) is 0 Å². The summed E-state index contributed by atoms with van der Waals surface area (Å²) in [6, 6.07) is 9.13. The highest BCUT2D eigenvalue weighted by Gasteiger charge is 2.23. The average molecular weight is 259 g/mol. The molecule has 1 aromatic carbocycles. The van der Waals surface area contributed by atoms with Crippen molar-refractivity contribution in [1.29, 1.82) is 0 Å². The minimum Gasteiger partial charge on any atom is -0.317 e. The van der Waals surface area contributed by atoms with Crippen LogP contribution in [0.5, 0.6) is 0 Å². The highest BCUT2D eigenvalue weighted by molar-refractivity contribution is 5.21. The minimum absolute atomic E-state index is 0.822. The molecule has 0 aliphatic heterocycles. The van der Waals surface area contributed by atoms with Crippen LogP contribution in [0, 0.1) is 18.8 Å². The highest BCUT2D eigenvalue weighted by Crippen LogP contribution is 2.31. The van der Waals surface area contributed by atoms with E-state index >= 15 is 0 Å². The van der Waals surface area contributed by atoms with Gasteiger partial charge in [-0.3, -0.25) is 0 Å². The van der Waals surface area contributed by atoms with Crippen molar-refractivity contribution in [2.24, 2.45) is 11.8 Å². The number of benzene rings is 1. The maximum Gasteiger partial charge on any atom is -0.00148 e. The van der Waals surface area contributed by atoms with Crippen molar-refractivity contribution in [1.82, 2.24) is 5.32 Å². The Morgan fingerprint density at radius 1 is 1.11 bits per heavy atom. The monoisotopic (exact) mass is 259 g/mol. The summed E-state index contributed by atoms with van der Waals surface area (Å²) in [5, 5.41) is 3.58. The molecule has 1 aromatic rings. The van der Waals surface area contributed by atoms with E-state index in [0.29, 0.717) is 0 Å². The van der Waals surface area contributed by atoms with Crippen LogP contribution in [-0.2, 0) is 6.42 Å². The lowest BCUT2D eigenvalue weighted by atomic mass is 9.77. The summed E-state index contributed by atoms with van der Waals surface area (Å²) in [5.41, 5.74) is 2.88. The molecule has 1 fully saturated rings. The van der Waals surface area contributed by atoms with Gasteiger partial charge in [0.25, 0.3) is 0 Å². The topological polar surface area (TPSA) is 12.0 Å². The van der Waals surface area contributed by atoms with Gasteiger partial charge in [0.2, 0.25) is 0 Å². The van der Waals surface area contributed by atoms with Crippen molar-refractivity contribution in [3.63, 3.8) is 0 Å². The fourth-order valence-corrected chi connectivity index (χ4v) is 3.37. The fraction of sp³-hybridized carbons (Fsp3) is 0.667. The molecule has 0 heterocycles. The van der Waals surface area contributed by atoms with Crippen LogP contribution in [0.15, 0.2) is 24.3 Å². The van der Waals surface area contributed by atoms with Gasteiger partial charge in [-0.15, -0.1) is 0 Å². The summed E-state index contributed by atoms with van der Waals surface area (Å²) >= 11 is 0. The molecule has 0 spiro atoms. The molecule has 0 amide bonds. The summed E-state index contributed by atoms with van der Waals surface area (Å²) in [6.45, 7) is 6.66. The van der Waals surface area contributed by atoms with Crippen molar-refractivity contribution in [2.45, 2.75) is 52.4 Å². The number of hydrogen-bond acceptors (Lipinski definition) is 1. The number of rotatable bonds is 6. The second-order valence-corrected chi connectivity index (χ2v) is 6.16. The summed E-state index contributed by atoms with van der Waals surface area (Å²) in [5.74, 6) is 1.76. The van der Waals surface area contributed by atoms with Crippen molar-refractivity contribution < 1.29 is 0 Å². The molecule has 1 unspecified atom stereocenters. The third-order valence-electron chi connectivity index (χ3n) is 4.59. The summed E-state index contributed by atoms with van der Waals surface area (Å²) in [4.78, 5) is 0. The summed E-state index contributed by atoms with van der Waals surface area (Å²) < 4.78 is 0. The molecule has 0 bridgehead atoms. The highest BCUT2D eigenvalue weighted by atomic mass is 14.8. The van der Waals surface area contributed by atoms with Gasteiger partial charge in [-0.05, 0) is 43.8 Å². The number of aryl methyl sites for hydroxylation is 1. The predicted octanol–water partition coefficient (Wildman–Crippen LogP) is 4.34. The van der Waals surface area contributed by atoms with E-state index in [1.807, 2.05) is 0 Å². The van der Waals surface area contributed by atoms with Gasteiger partial charge < -0.3 is 5.32 Å². The molecule has 1 atom stereocenters. The van der Waals surface area contributed by atoms with E-state index < -0.39 is 0 Å². The quantitative estimate of drug-likeness (QED) is 0.801. The molecule has 1 aliphatic rings. The van der Waals surface area contributed by atoms with Gasteiger partial charge in [0.1, 0.15) is 0 Å². The van der Waals surface area contributed by atoms with E-state index in [4.69, 9.17) is 0 Å². The Morgan fingerprint density at radius 3 is 2.42 bits per heavy atom. The van der Waals surface area contributed by atoms with Crippen LogP contribution >= 0.6 is 0 Å². The molecule has 1 saturated carbocycles. The van der Waals surface area contributed by atoms with E-state index in [2.05, 4.69) is 43.4 Å². The van der Waals surface area contributed by atoms with Crippen molar-refractivity contribution in [3.05, 3.63) is 35.4 Å². The Morgan fingerprint density at radius 2 is 1.79 bits per heavy atom. The van der Waals surface area contributed by atoms with E-state index in [-0.39, 0.29) is 0 Å². The first-order valence-electron chi connectivity index (χ1n) is 8.06. The lowest BCUT2D eigenvalue weighted by Gasteiger charge is -2.30. The second-order valence-electron chi connectivity index (χ2n) is 6.16. The molecule has 1 nitrogen and oxygen atoms in total. The van der Waals surface area contributed by atoms with E-state index in [0.717, 1.165) is 18.4 Å². The molecule has 19 heavy (non-hydrogen) atoms. The van der Waals surface area contributed by atoms with Crippen LogP contribution < -0.4 is 5.32 Å². The second kappa shape index (κ2) is 7.69. The standard InChI is InChI=1S/C18H29N/c1-3-19-14-18(17-7-5-4-6-8-17)13-16-11-9-15(2)10-12-16/h9-12,17-19H,3-8,13-14H2,1-2H3. The Bertz CT molecular complexity index is 348. The molecule has 1 N–H and O–H groups in total. The molecular formula is C18H29N. The Kier molecular flexibility index (Phi) is 5.91. The van der Waals surface area contributed by atoms with Crippen molar-refractivity contribution in [2.75, 3.05) is 13.1 Å². The van der Waals surface area contributed by atoms with Crippen LogP contribution in [0.25, 0.3) is 0 Å². The zero-order chi connectivity index (χ0) is 13.5. The zero-order valence-corrected chi connectivity index (χ0v) is 12.6. The lowest BCUT2D eigenvalue weighted by Crippen LogP contribution is -2.31. The van der Waals surface area contributed by atoms with Crippen molar-refractivity contribution >= 4 is 0 Å². The van der Waals surface area contributed by atoms with Crippen LogP contribution in [0.4, 0.5) is 0 Å². The van der Waals surface area contributed by atoms with Gasteiger partial charge >= 0.3 is 0 Å². The van der Waals surface area contributed by atoms with Crippen LogP contribution in [-0.4, -0.2) is 13.1 Å². The molecule has 0 radical (unpaired) electrons. The van der Waals surface area contributed by atoms with E-state index in [1.165, 1.54) is 56.2 Å². The van der Waals surface area contributed by atoms with Gasteiger partial charge in [-0.1, -0.05) is 68.9 Å². The Labute approximate surface area is 118 Å². The summed E-state index contributed by atoms with van der Waals surface area (Å²) in [6.07, 6.45) is 8.49. The van der Waals surface area contributed by atoms with E-state index in [9.17, 15) is 0 Å². The average Bonchev–Trinajstić information content (AvgIpc) is 2.46. The first-order valence-corrected chi connectivity index (χ1v) is 8.06. The lowest BCUT2D eigenvalue weighted by molar-refractivity contribution is 0.240. The van der Waals surface area contributed by atoms with Gasteiger partial charge in [0, 0.05) is 0 Å². The van der Waals surface area contributed by atoms with Crippen molar-refractivity contribution in [3.8, 4) is 0 Å². The third-order valence-corrected chi connectivity index (χ3v) is 4.59. The Hall–Kier alpha value is -0.820. The number of hydrogen-bond donors (Lipinski definition) is 1. The van der Waals surface area contributed by atoms with Gasteiger partial charge in [0.15, 0.2) is 0 Å². The van der Waals surface area contributed by atoms with Gasteiger partial charge in [0.05, 0.1) is 0 Å². The molecule has 1 heteroatoms. The molecule has 0 saturated heterocycles. The van der Waals surface area contributed by atoms with Crippen LogP contribution in [0.2, 0.25) is 0 Å². The van der Waals surface area contributed by atoms with Crippen LogP contribution in [0.3, 0.4) is 0 Å². The molecular weight excluding hydrogens is 230 g/mol.